The van der Waals surface area contributed by atoms with Crippen LogP contribution in [0.5, 0.6) is 0 Å². The number of amides is 1. The Hall–Kier alpha value is -2.94. The van der Waals surface area contributed by atoms with Gasteiger partial charge in [0.25, 0.3) is 5.91 Å². The number of carbonyl (C=O) groups is 1. The van der Waals surface area contributed by atoms with Crippen LogP contribution in [0.25, 0.3) is 0 Å². The van der Waals surface area contributed by atoms with Crippen LogP contribution in [0.3, 0.4) is 0 Å². The largest absolute Gasteiger partial charge is 0.383 e. The first-order valence-electron chi connectivity index (χ1n) is 8.84. The van der Waals surface area contributed by atoms with Gasteiger partial charge in [0.1, 0.15) is 5.60 Å². The van der Waals surface area contributed by atoms with Crippen molar-refractivity contribution < 1.29 is 9.90 Å². The van der Waals surface area contributed by atoms with Gasteiger partial charge in [-0.2, -0.15) is 5.10 Å². The molecule has 0 aliphatic rings. The molecule has 146 valence electrons. The van der Waals surface area contributed by atoms with Crippen LogP contribution in [0.15, 0.2) is 41.9 Å². The summed E-state index contributed by atoms with van der Waals surface area (Å²) in [4.78, 5) is 20.3. The lowest BCUT2D eigenvalue weighted by molar-refractivity contribution is 0.0672. The summed E-state index contributed by atoms with van der Waals surface area (Å²) < 4.78 is 1.64. The molecule has 0 aliphatic heterocycles. The fourth-order valence-corrected chi connectivity index (χ4v) is 2.32. The molecule has 0 bridgehead atoms. The van der Waals surface area contributed by atoms with Crippen LogP contribution >= 0.6 is 0 Å². The Morgan fingerprint density at radius 2 is 2.07 bits per heavy atom. The molecule has 0 fully saturated rings. The van der Waals surface area contributed by atoms with Crippen LogP contribution in [0.1, 0.15) is 29.8 Å². The van der Waals surface area contributed by atoms with Gasteiger partial charge in [-0.15, -0.1) is 0 Å². The van der Waals surface area contributed by atoms with E-state index in [-0.39, 0.29) is 12.5 Å². The van der Waals surface area contributed by atoms with Crippen molar-refractivity contribution in [1.82, 2.24) is 30.7 Å². The fraction of sp³-hybridized carbons (Fsp3) is 0.444. The summed E-state index contributed by atoms with van der Waals surface area (Å²) in [7, 11) is 1.80. The first kappa shape index (κ1) is 20.4. The highest BCUT2D eigenvalue weighted by atomic mass is 16.3. The maximum Gasteiger partial charge on any atom is 0.252 e. The average molecular weight is 373 g/mol. The van der Waals surface area contributed by atoms with E-state index in [1.807, 2.05) is 6.92 Å². The van der Waals surface area contributed by atoms with E-state index in [4.69, 9.17) is 0 Å². The topological polar surface area (TPSA) is 116 Å². The van der Waals surface area contributed by atoms with Crippen molar-refractivity contribution in [3.63, 3.8) is 0 Å². The molecule has 27 heavy (non-hydrogen) atoms. The normalized spacial score (nSPS) is 13.7. The molecule has 0 saturated heterocycles. The summed E-state index contributed by atoms with van der Waals surface area (Å²) in [5.41, 5.74) is 0.101. The molecule has 1 atom stereocenters. The van der Waals surface area contributed by atoms with Gasteiger partial charge in [0, 0.05) is 50.8 Å². The summed E-state index contributed by atoms with van der Waals surface area (Å²) in [6.07, 6.45) is 6.54. The number of aliphatic hydroxyl groups is 1. The Bertz CT molecular complexity index is 756. The zero-order valence-corrected chi connectivity index (χ0v) is 15.9. The Balaban J connectivity index is 1.83. The van der Waals surface area contributed by atoms with Gasteiger partial charge >= 0.3 is 0 Å². The molecule has 1 unspecified atom stereocenters. The van der Waals surface area contributed by atoms with Crippen molar-refractivity contribution in [3.05, 3.63) is 48.0 Å². The minimum atomic E-state index is -1.12. The molecule has 9 heteroatoms. The lowest BCUT2D eigenvalue weighted by Crippen LogP contribution is -2.42. The van der Waals surface area contributed by atoms with E-state index in [9.17, 15) is 9.90 Å². The van der Waals surface area contributed by atoms with Gasteiger partial charge in [-0.25, -0.2) is 4.99 Å². The Kier molecular flexibility index (Phi) is 7.30. The van der Waals surface area contributed by atoms with Crippen molar-refractivity contribution in [3.8, 4) is 0 Å². The number of aromatic nitrogens is 3. The standard InChI is InChI=1S/C18H27N7O2/c1-4-20-17(23-13-18(2,27)15-11-24-25(3)12-15)22-9-8-21-16(26)14-6-5-7-19-10-14/h5-7,10-12,27H,4,8-9,13H2,1-3H3,(H,21,26)(H2,20,22,23). The van der Waals surface area contributed by atoms with Gasteiger partial charge in [-0.1, -0.05) is 0 Å². The molecular weight excluding hydrogens is 346 g/mol. The highest BCUT2D eigenvalue weighted by molar-refractivity contribution is 5.93. The van der Waals surface area contributed by atoms with Crippen LogP contribution in [-0.4, -0.2) is 57.9 Å². The van der Waals surface area contributed by atoms with Crippen LogP contribution in [-0.2, 0) is 12.6 Å². The van der Waals surface area contributed by atoms with Gasteiger partial charge in [-0.05, 0) is 26.0 Å². The molecule has 2 heterocycles. The number of pyridine rings is 1. The zero-order valence-electron chi connectivity index (χ0n) is 15.9. The van der Waals surface area contributed by atoms with Crippen molar-refractivity contribution in [2.24, 2.45) is 12.0 Å². The molecule has 2 rings (SSSR count). The molecule has 2 aromatic heterocycles. The Morgan fingerprint density at radius 1 is 1.30 bits per heavy atom. The molecule has 9 nitrogen and oxygen atoms in total. The maximum atomic E-state index is 12.0. The molecule has 0 radical (unpaired) electrons. The predicted octanol–water partition coefficient (Wildman–Crippen LogP) is 0.00770. The van der Waals surface area contributed by atoms with Crippen LogP contribution < -0.4 is 16.0 Å². The third-order valence-electron chi connectivity index (χ3n) is 3.84. The molecule has 4 N–H and O–H groups in total. The number of hydrogen-bond donors (Lipinski definition) is 4. The number of rotatable bonds is 8. The van der Waals surface area contributed by atoms with Crippen molar-refractivity contribution in [1.29, 1.82) is 0 Å². The number of nitrogens with one attached hydrogen (secondary N) is 3. The average Bonchev–Trinajstić information content (AvgIpc) is 3.11. The zero-order chi connectivity index (χ0) is 19.7. The fourth-order valence-electron chi connectivity index (χ4n) is 2.32. The third-order valence-corrected chi connectivity index (χ3v) is 3.84. The van der Waals surface area contributed by atoms with Crippen molar-refractivity contribution in [2.75, 3.05) is 26.2 Å². The van der Waals surface area contributed by atoms with E-state index in [0.29, 0.717) is 36.7 Å². The van der Waals surface area contributed by atoms with E-state index >= 15 is 0 Å². The third kappa shape index (κ3) is 6.37. The van der Waals surface area contributed by atoms with E-state index in [1.165, 1.54) is 6.20 Å². The molecular formula is C18H27N7O2. The summed E-state index contributed by atoms with van der Waals surface area (Å²) in [6.45, 7) is 5.44. The quantitative estimate of drug-likeness (QED) is 0.294. The Morgan fingerprint density at radius 3 is 2.70 bits per heavy atom. The molecule has 0 saturated carbocycles. The van der Waals surface area contributed by atoms with Crippen LogP contribution in [0.4, 0.5) is 0 Å². The number of carbonyl (C=O) groups excluding carboxylic acids is 1. The highest BCUT2D eigenvalue weighted by Crippen LogP contribution is 2.19. The van der Waals surface area contributed by atoms with Gasteiger partial charge in [0.15, 0.2) is 5.96 Å². The summed E-state index contributed by atoms with van der Waals surface area (Å²) in [6, 6.07) is 3.43. The van der Waals surface area contributed by atoms with E-state index in [0.717, 1.165) is 0 Å². The van der Waals surface area contributed by atoms with Gasteiger partial charge in [0.2, 0.25) is 0 Å². The monoisotopic (exact) mass is 373 g/mol. The second-order valence-corrected chi connectivity index (χ2v) is 6.30. The summed E-state index contributed by atoms with van der Waals surface area (Å²) in [5, 5.41) is 23.8. The number of hydrogen-bond acceptors (Lipinski definition) is 5. The molecule has 0 aliphatic carbocycles. The van der Waals surface area contributed by atoms with Crippen molar-refractivity contribution >= 4 is 11.9 Å². The van der Waals surface area contributed by atoms with E-state index in [2.05, 4.69) is 31.0 Å². The number of nitrogens with zero attached hydrogens (tertiary/aromatic N) is 4. The molecule has 0 spiro atoms. The van der Waals surface area contributed by atoms with Gasteiger partial charge < -0.3 is 21.1 Å². The van der Waals surface area contributed by atoms with E-state index in [1.54, 1.807) is 49.4 Å². The van der Waals surface area contributed by atoms with Gasteiger partial charge in [0.05, 0.1) is 18.3 Å². The van der Waals surface area contributed by atoms with E-state index < -0.39 is 5.60 Å². The SMILES string of the molecule is CCNC(=NCC(C)(O)c1cnn(C)c1)NCCNC(=O)c1cccnc1. The minimum Gasteiger partial charge on any atom is -0.383 e. The summed E-state index contributed by atoms with van der Waals surface area (Å²) >= 11 is 0. The second kappa shape index (κ2) is 9.67. The van der Waals surface area contributed by atoms with Crippen LogP contribution in [0, 0.1) is 0 Å². The summed E-state index contributed by atoms with van der Waals surface area (Å²) in [5.74, 6) is 0.392. The number of aryl methyl sites for hydroxylation is 1. The first-order chi connectivity index (χ1) is 12.9. The number of aliphatic imine (C=N–C) groups is 1. The minimum absolute atomic E-state index is 0.175. The highest BCUT2D eigenvalue weighted by Gasteiger charge is 2.24. The molecule has 2 aromatic rings. The first-order valence-corrected chi connectivity index (χ1v) is 8.84. The smallest absolute Gasteiger partial charge is 0.252 e. The second-order valence-electron chi connectivity index (χ2n) is 6.30. The lowest BCUT2D eigenvalue weighted by atomic mass is 10.0. The van der Waals surface area contributed by atoms with Gasteiger partial charge in [-0.3, -0.25) is 14.5 Å². The lowest BCUT2D eigenvalue weighted by Gasteiger charge is -2.20. The maximum absolute atomic E-state index is 12.0. The van der Waals surface area contributed by atoms with Crippen molar-refractivity contribution in [2.45, 2.75) is 19.4 Å². The molecule has 1 amide bonds. The Labute approximate surface area is 158 Å². The number of guanidine groups is 1. The predicted molar refractivity (Wildman–Crippen MR) is 103 cm³/mol. The van der Waals surface area contributed by atoms with Crippen LogP contribution in [0.2, 0.25) is 0 Å². The molecule has 0 aromatic carbocycles.